The van der Waals surface area contributed by atoms with Gasteiger partial charge in [0, 0.05) is 32.6 Å². The Hall–Kier alpha value is -2.58. The third-order valence-corrected chi connectivity index (χ3v) is 7.66. The first-order chi connectivity index (χ1) is 14.3. The van der Waals surface area contributed by atoms with Gasteiger partial charge >= 0.3 is 0 Å². The van der Waals surface area contributed by atoms with Gasteiger partial charge in [0.15, 0.2) is 11.5 Å². The van der Waals surface area contributed by atoms with Crippen molar-refractivity contribution in [3.8, 4) is 11.5 Å². The number of benzene rings is 2. The molecule has 2 aromatic carbocycles. The van der Waals surface area contributed by atoms with Crippen LogP contribution in [0.2, 0.25) is 0 Å². The molecule has 8 heteroatoms. The maximum atomic E-state index is 13.0. The van der Waals surface area contributed by atoms with Gasteiger partial charge in [-0.05, 0) is 49.6 Å². The highest BCUT2D eigenvalue weighted by Gasteiger charge is 2.30. The summed E-state index contributed by atoms with van der Waals surface area (Å²) < 4.78 is 38.2. The lowest BCUT2D eigenvalue weighted by Gasteiger charge is -2.34. The second-order valence-corrected chi connectivity index (χ2v) is 9.65. The number of fused-ring (bicyclic) bond motifs is 1. The van der Waals surface area contributed by atoms with Gasteiger partial charge in [0.05, 0.1) is 4.90 Å². The van der Waals surface area contributed by atoms with Crippen LogP contribution in [0.5, 0.6) is 11.5 Å². The molecule has 0 spiro atoms. The molecule has 1 saturated heterocycles. The zero-order valence-electron chi connectivity index (χ0n) is 17.3. The van der Waals surface area contributed by atoms with Crippen LogP contribution in [0.3, 0.4) is 0 Å². The van der Waals surface area contributed by atoms with Crippen molar-refractivity contribution in [3.05, 3.63) is 53.1 Å². The second kappa shape index (κ2) is 8.28. The Labute approximate surface area is 177 Å². The Bertz CT molecular complexity index is 1060. The van der Waals surface area contributed by atoms with E-state index in [1.807, 2.05) is 44.2 Å². The van der Waals surface area contributed by atoms with Gasteiger partial charge in [-0.15, -0.1) is 0 Å². The SMILES string of the molecule is Cc1ccc(S(=O)(=O)N2CCN(C(=O)CCc3ccc4c(c3)OCO4)CC2)c(C)c1. The molecule has 0 bridgehead atoms. The zero-order valence-corrected chi connectivity index (χ0v) is 18.1. The number of carbonyl (C=O) groups excluding carboxylic acids is 1. The summed E-state index contributed by atoms with van der Waals surface area (Å²) in [6.07, 6.45) is 0.986. The number of amides is 1. The first-order valence-corrected chi connectivity index (χ1v) is 11.5. The van der Waals surface area contributed by atoms with Crippen molar-refractivity contribution in [2.75, 3.05) is 33.0 Å². The van der Waals surface area contributed by atoms with Crippen LogP contribution in [0.4, 0.5) is 0 Å². The van der Waals surface area contributed by atoms with Crippen molar-refractivity contribution in [1.82, 2.24) is 9.21 Å². The highest BCUT2D eigenvalue weighted by Crippen LogP contribution is 2.32. The van der Waals surface area contributed by atoms with Gasteiger partial charge in [-0.25, -0.2) is 8.42 Å². The molecule has 0 aromatic heterocycles. The lowest BCUT2D eigenvalue weighted by atomic mass is 10.1. The molecule has 1 amide bonds. The van der Waals surface area contributed by atoms with E-state index in [0.29, 0.717) is 49.7 Å². The van der Waals surface area contributed by atoms with Crippen LogP contribution in [0.15, 0.2) is 41.3 Å². The van der Waals surface area contributed by atoms with Crippen molar-refractivity contribution < 1.29 is 22.7 Å². The lowest BCUT2D eigenvalue weighted by Crippen LogP contribution is -2.50. The van der Waals surface area contributed by atoms with E-state index in [2.05, 4.69) is 0 Å². The summed E-state index contributed by atoms with van der Waals surface area (Å²) in [6, 6.07) is 11.1. The molecule has 0 N–H and O–H groups in total. The Kier molecular flexibility index (Phi) is 5.71. The van der Waals surface area contributed by atoms with Gasteiger partial charge in [-0.1, -0.05) is 23.8 Å². The summed E-state index contributed by atoms with van der Waals surface area (Å²) in [6.45, 7) is 5.42. The van der Waals surface area contributed by atoms with E-state index in [-0.39, 0.29) is 12.7 Å². The maximum absolute atomic E-state index is 13.0. The van der Waals surface area contributed by atoms with E-state index in [4.69, 9.17) is 9.47 Å². The molecular formula is C22H26N2O5S. The van der Waals surface area contributed by atoms with Crippen LogP contribution < -0.4 is 9.47 Å². The molecule has 2 aliphatic heterocycles. The number of rotatable bonds is 5. The van der Waals surface area contributed by atoms with Gasteiger partial charge in [-0.3, -0.25) is 4.79 Å². The van der Waals surface area contributed by atoms with E-state index in [1.165, 1.54) is 4.31 Å². The predicted octanol–water partition coefficient (Wildman–Crippen LogP) is 2.50. The van der Waals surface area contributed by atoms with Crippen molar-refractivity contribution in [1.29, 1.82) is 0 Å². The molecular weight excluding hydrogens is 404 g/mol. The standard InChI is InChI=1S/C22H26N2O5S/c1-16-3-7-21(17(2)13-16)30(26,27)24-11-9-23(10-12-24)22(25)8-5-18-4-6-19-20(14-18)29-15-28-19/h3-4,6-7,13-14H,5,8-12,15H2,1-2H3. The average Bonchev–Trinajstić information content (AvgIpc) is 3.19. The number of ether oxygens (including phenoxy) is 2. The summed E-state index contributed by atoms with van der Waals surface area (Å²) in [4.78, 5) is 14.7. The number of carbonyl (C=O) groups is 1. The lowest BCUT2D eigenvalue weighted by molar-refractivity contribution is -0.132. The minimum absolute atomic E-state index is 0.0382. The van der Waals surface area contributed by atoms with Crippen LogP contribution in [-0.2, 0) is 21.2 Å². The van der Waals surface area contributed by atoms with Gasteiger partial charge in [0.25, 0.3) is 0 Å². The Morgan fingerprint density at radius 1 is 0.967 bits per heavy atom. The van der Waals surface area contributed by atoms with E-state index < -0.39 is 10.0 Å². The molecule has 0 unspecified atom stereocenters. The summed E-state index contributed by atoms with van der Waals surface area (Å²) in [5, 5.41) is 0. The molecule has 160 valence electrons. The molecule has 30 heavy (non-hydrogen) atoms. The first kappa shape index (κ1) is 20.7. The minimum Gasteiger partial charge on any atom is -0.454 e. The molecule has 4 rings (SSSR count). The van der Waals surface area contributed by atoms with E-state index in [0.717, 1.165) is 22.4 Å². The topological polar surface area (TPSA) is 76.2 Å². The number of piperazine rings is 1. The highest BCUT2D eigenvalue weighted by molar-refractivity contribution is 7.89. The van der Waals surface area contributed by atoms with E-state index in [9.17, 15) is 13.2 Å². The fourth-order valence-electron chi connectivity index (χ4n) is 3.91. The fraction of sp³-hybridized carbons (Fsp3) is 0.409. The molecule has 0 atom stereocenters. The van der Waals surface area contributed by atoms with Gasteiger partial charge in [-0.2, -0.15) is 4.31 Å². The zero-order chi connectivity index (χ0) is 21.3. The molecule has 0 aliphatic carbocycles. The average molecular weight is 431 g/mol. The van der Waals surface area contributed by atoms with Gasteiger partial charge in [0.1, 0.15) is 0 Å². The quantitative estimate of drug-likeness (QED) is 0.729. The third-order valence-electron chi connectivity index (χ3n) is 5.60. The largest absolute Gasteiger partial charge is 0.454 e. The normalized spacial score (nSPS) is 16.7. The van der Waals surface area contributed by atoms with Crippen LogP contribution in [0.1, 0.15) is 23.1 Å². The van der Waals surface area contributed by atoms with Crippen LogP contribution in [-0.4, -0.2) is 56.5 Å². The third kappa shape index (κ3) is 4.15. The van der Waals surface area contributed by atoms with Crippen LogP contribution in [0.25, 0.3) is 0 Å². The van der Waals surface area contributed by atoms with Crippen molar-refractivity contribution in [2.24, 2.45) is 0 Å². The molecule has 0 radical (unpaired) electrons. The van der Waals surface area contributed by atoms with Crippen molar-refractivity contribution in [3.63, 3.8) is 0 Å². The molecule has 1 fully saturated rings. The minimum atomic E-state index is -3.55. The molecule has 0 saturated carbocycles. The van der Waals surface area contributed by atoms with Gasteiger partial charge < -0.3 is 14.4 Å². The smallest absolute Gasteiger partial charge is 0.243 e. The Morgan fingerprint density at radius 2 is 1.70 bits per heavy atom. The fourth-order valence-corrected chi connectivity index (χ4v) is 5.54. The second-order valence-electron chi connectivity index (χ2n) is 7.74. The number of aryl methyl sites for hydroxylation is 3. The summed E-state index contributed by atoms with van der Waals surface area (Å²) >= 11 is 0. The molecule has 7 nitrogen and oxygen atoms in total. The first-order valence-electron chi connectivity index (χ1n) is 10.1. The number of hydrogen-bond donors (Lipinski definition) is 0. The van der Waals surface area contributed by atoms with Crippen LogP contribution in [0, 0.1) is 13.8 Å². The van der Waals surface area contributed by atoms with E-state index in [1.54, 1.807) is 11.0 Å². The predicted molar refractivity (Wildman–Crippen MR) is 112 cm³/mol. The van der Waals surface area contributed by atoms with E-state index >= 15 is 0 Å². The molecule has 2 aliphatic rings. The summed E-state index contributed by atoms with van der Waals surface area (Å²) in [7, 11) is -3.55. The number of hydrogen-bond acceptors (Lipinski definition) is 5. The maximum Gasteiger partial charge on any atom is 0.243 e. The Balaban J connectivity index is 1.33. The van der Waals surface area contributed by atoms with Crippen molar-refractivity contribution in [2.45, 2.75) is 31.6 Å². The molecule has 2 aromatic rings. The monoisotopic (exact) mass is 430 g/mol. The number of nitrogens with zero attached hydrogens (tertiary/aromatic N) is 2. The summed E-state index contributed by atoms with van der Waals surface area (Å²) in [5.41, 5.74) is 2.80. The van der Waals surface area contributed by atoms with Crippen LogP contribution >= 0.6 is 0 Å². The highest BCUT2D eigenvalue weighted by atomic mass is 32.2. The number of sulfonamides is 1. The molecule has 2 heterocycles. The Morgan fingerprint density at radius 3 is 2.43 bits per heavy atom. The van der Waals surface area contributed by atoms with Crippen molar-refractivity contribution >= 4 is 15.9 Å². The summed E-state index contributed by atoms with van der Waals surface area (Å²) in [5.74, 6) is 1.48. The van der Waals surface area contributed by atoms with Gasteiger partial charge in [0.2, 0.25) is 22.7 Å².